The summed E-state index contributed by atoms with van der Waals surface area (Å²) < 4.78 is 2.89. The van der Waals surface area contributed by atoms with Crippen molar-refractivity contribution in [1.29, 1.82) is 0 Å². The van der Waals surface area contributed by atoms with Crippen LogP contribution in [0.15, 0.2) is 35.2 Å². The van der Waals surface area contributed by atoms with Gasteiger partial charge in [0.1, 0.15) is 0 Å². The summed E-state index contributed by atoms with van der Waals surface area (Å²) in [5.41, 5.74) is 2.28. The molecule has 1 unspecified atom stereocenters. The molecule has 4 nitrogen and oxygen atoms in total. The van der Waals surface area contributed by atoms with Crippen LogP contribution in [0.25, 0.3) is 0 Å². The third-order valence-electron chi connectivity index (χ3n) is 2.81. The van der Waals surface area contributed by atoms with Crippen molar-refractivity contribution >= 4 is 15.9 Å². The number of aromatic nitrogens is 3. The van der Waals surface area contributed by atoms with Gasteiger partial charge in [-0.15, -0.1) is 0 Å². The zero-order chi connectivity index (χ0) is 13.0. The molecule has 18 heavy (non-hydrogen) atoms. The number of hydrogen-bond donors (Lipinski definition) is 1. The number of nitrogens with one attached hydrogen (secondary N) is 1. The molecule has 0 radical (unpaired) electrons. The average molecular weight is 309 g/mol. The lowest BCUT2D eigenvalue weighted by atomic mass is 10.1. The lowest BCUT2D eigenvalue weighted by Gasteiger charge is -2.19. The molecule has 0 amide bonds. The van der Waals surface area contributed by atoms with Gasteiger partial charge < -0.3 is 5.32 Å². The van der Waals surface area contributed by atoms with Gasteiger partial charge in [0.2, 0.25) is 0 Å². The van der Waals surface area contributed by atoms with Crippen LogP contribution in [0.4, 0.5) is 0 Å². The van der Waals surface area contributed by atoms with E-state index in [1.54, 1.807) is 6.20 Å². The minimum atomic E-state index is 0.127. The Morgan fingerprint density at radius 2 is 2.28 bits per heavy atom. The highest BCUT2D eigenvalue weighted by atomic mass is 79.9. The van der Waals surface area contributed by atoms with Gasteiger partial charge >= 0.3 is 0 Å². The van der Waals surface area contributed by atoms with Crippen LogP contribution in [-0.4, -0.2) is 21.3 Å². The lowest BCUT2D eigenvalue weighted by molar-refractivity contribution is 0.552. The highest BCUT2D eigenvalue weighted by Crippen LogP contribution is 2.23. The zero-order valence-electron chi connectivity index (χ0n) is 10.6. The number of aryl methyl sites for hydroxylation is 1. The molecule has 1 N–H and O–H groups in total. The predicted octanol–water partition coefficient (Wildman–Crippen LogP) is 2.67. The summed E-state index contributed by atoms with van der Waals surface area (Å²) >= 11 is 3.47. The SMILES string of the molecule is CCCNC(c1cncc(Br)c1)c1ccnn1C. The maximum absolute atomic E-state index is 4.24. The van der Waals surface area contributed by atoms with E-state index in [0.29, 0.717) is 0 Å². The lowest BCUT2D eigenvalue weighted by Crippen LogP contribution is -2.25. The quantitative estimate of drug-likeness (QED) is 0.923. The molecule has 0 saturated carbocycles. The Kier molecular flexibility index (Phi) is 4.49. The summed E-state index contributed by atoms with van der Waals surface area (Å²) in [4.78, 5) is 4.24. The van der Waals surface area contributed by atoms with E-state index in [4.69, 9.17) is 0 Å². The van der Waals surface area contributed by atoms with Crippen LogP contribution in [0.3, 0.4) is 0 Å². The first kappa shape index (κ1) is 13.2. The Hall–Kier alpha value is -1.20. The molecule has 1 atom stereocenters. The van der Waals surface area contributed by atoms with Gasteiger partial charge in [0, 0.05) is 30.1 Å². The molecule has 0 spiro atoms. The summed E-state index contributed by atoms with van der Waals surface area (Å²) in [7, 11) is 1.96. The van der Waals surface area contributed by atoms with Gasteiger partial charge in [0.15, 0.2) is 0 Å². The minimum absolute atomic E-state index is 0.127. The zero-order valence-corrected chi connectivity index (χ0v) is 12.2. The van der Waals surface area contributed by atoms with Crippen molar-refractivity contribution in [3.8, 4) is 0 Å². The van der Waals surface area contributed by atoms with E-state index in [2.05, 4.69) is 44.3 Å². The second kappa shape index (κ2) is 6.11. The first-order valence-electron chi connectivity index (χ1n) is 6.04. The van der Waals surface area contributed by atoms with E-state index in [1.807, 2.05) is 30.2 Å². The van der Waals surface area contributed by atoms with Crippen molar-refractivity contribution in [3.05, 3.63) is 46.5 Å². The average Bonchev–Trinajstić information content (AvgIpc) is 2.77. The van der Waals surface area contributed by atoms with E-state index in [9.17, 15) is 0 Å². The molecule has 0 saturated heterocycles. The van der Waals surface area contributed by atoms with Crippen molar-refractivity contribution in [3.63, 3.8) is 0 Å². The summed E-state index contributed by atoms with van der Waals surface area (Å²) in [6.07, 6.45) is 6.60. The molecule has 2 heterocycles. The van der Waals surface area contributed by atoms with Crippen molar-refractivity contribution in [1.82, 2.24) is 20.1 Å². The Balaban J connectivity index is 2.33. The third-order valence-corrected chi connectivity index (χ3v) is 3.25. The second-order valence-corrected chi connectivity index (χ2v) is 5.12. The van der Waals surface area contributed by atoms with Crippen LogP contribution in [0.5, 0.6) is 0 Å². The fraction of sp³-hybridized carbons (Fsp3) is 0.385. The highest BCUT2D eigenvalue weighted by molar-refractivity contribution is 9.10. The monoisotopic (exact) mass is 308 g/mol. The van der Waals surface area contributed by atoms with Crippen molar-refractivity contribution in [2.24, 2.45) is 7.05 Å². The third kappa shape index (κ3) is 2.97. The van der Waals surface area contributed by atoms with Gasteiger partial charge in [-0.1, -0.05) is 6.92 Å². The van der Waals surface area contributed by atoms with E-state index >= 15 is 0 Å². The number of hydrogen-bond acceptors (Lipinski definition) is 3. The van der Waals surface area contributed by atoms with E-state index in [1.165, 1.54) is 0 Å². The van der Waals surface area contributed by atoms with Crippen LogP contribution >= 0.6 is 15.9 Å². The van der Waals surface area contributed by atoms with Gasteiger partial charge in [0.25, 0.3) is 0 Å². The van der Waals surface area contributed by atoms with Gasteiger partial charge in [-0.3, -0.25) is 9.67 Å². The normalized spacial score (nSPS) is 12.6. The molecular formula is C13H17BrN4. The Bertz CT molecular complexity index is 509. The van der Waals surface area contributed by atoms with Crippen LogP contribution in [0, 0.1) is 0 Å². The summed E-state index contributed by atoms with van der Waals surface area (Å²) in [6, 6.07) is 4.25. The van der Waals surface area contributed by atoms with Crippen molar-refractivity contribution in [2.75, 3.05) is 6.54 Å². The first-order valence-corrected chi connectivity index (χ1v) is 6.83. The molecule has 0 fully saturated rings. The summed E-state index contributed by atoms with van der Waals surface area (Å²) in [6.45, 7) is 3.12. The molecule has 2 aromatic rings. The predicted molar refractivity (Wildman–Crippen MR) is 75.3 cm³/mol. The highest BCUT2D eigenvalue weighted by Gasteiger charge is 2.16. The van der Waals surface area contributed by atoms with Crippen molar-refractivity contribution in [2.45, 2.75) is 19.4 Å². The second-order valence-electron chi connectivity index (χ2n) is 4.20. The minimum Gasteiger partial charge on any atom is -0.305 e. The number of pyridine rings is 1. The maximum atomic E-state index is 4.24. The molecule has 5 heteroatoms. The molecule has 96 valence electrons. The van der Waals surface area contributed by atoms with Crippen LogP contribution < -0.4 is 5.32 Å². The molecule has 0 aromatic carbocycles. The van der Waals surface area contributed by atoms with Gasteiger partial charge in [-0.2, -0.15) is 5.10 Å². The maximum Gasteiger partial charge on any atom is 0.0763 e. The van der Waals surface area contributed by atoms with E-state index < -0.39 is 0 Å². The number of nitrogens with zero attached hydrogens (tertiary/aromatic N) is 3. The van der Waals surface area contributed by atoms with Gasteiger partial charge in [0.05, 0.1) is 11.7 Å². The van der Waals surface area contributed by atoms with Crippen LogP contribution in [-0.2, 0) is 7.05 Å². The standard InChI is InChI=1S/C13H17BrN4/c1-3-5-16-13(12-4-6-17-18(12)2)10-7-11(14)9-15-8-10/h4,6-9,13,16H,3,5H2,1-2H3. The molecule has 2 rings (SSSR count). The Labute approximate surface area is 116 Å². The first-order chi connectivity index (χ1) is 8.72. The van der Waals surface area contributed by atoms with Crippen molar-refractivity contribution < 1.29 is 0 Å². The van der Waals surface area contributed by atoms with E-state index in [0.717, 1.165) is 28.7 Å². The topological polar surface area (TPSA) is 42.7 Å². The van der Waals surface area contributed by atoms with E-state index in [-0.39, 0.29) is 6.04 Å². The fourth-order valence-corrected chi connectivity index (χ4v) is 2.32. The molecule has 0 aliphatic carbocycles. The van der Waals surface area contributed by atoms with Gasteiger partial charge in [-0.05, 0) is 46.6 Å². The summed E-state index contributed by atoms with van der Waals surface area (Å²) in [5.74, 6) is 0. The number of halogens is 1. The Morgan fingerprint density at radius 3 is 2.89 bits per heavy atom. The van der Waals surface area contributed by atoms with Crippen LogP contribution in [0.2, 0.25) is 0 Å². The molecule has 0 aliphatic heterocycles. The van der Waals surface area contributed by atoms with Crippen LogP contribution in [0.1, 0.15) is 30.6 Å². The number of rotatable bonds is 5. The molecular weight excluding hydrogens is 292 g/mol. The largest absolute Gasteiger partial charge is 0.305 e. The fourth-order valence-electron chi connectivity index (χ4n) is 1.94. The Morgan fingerprint density at radius 1 is 1.44 bits per heavy atom. The van der Waals surface area contributed by atoms with Gasteiger partial charge in [-0.25, -0.2) is 0 Å². The smallest absolute Gasteiger partial charge is 0.0763 e. The summed E-state index contributed by atoms with van der Waals surface area (Å²) in [5, 5.41) is 7.77. The molecule has 0 aliphatic rings. The molecule has 0 bridgehead atoms. The molecule has 2 aromatic heterocycles.